The summed E-state index contributed by atoms with van der Waals surface area (Å²) >= 11 is 5.77. The highest BCUT2D eigenvalue weighted by molar-refractivity contribution is 6.32. The van der Waals surface area contributed by atoms with Crippen LogP contribution in [0.1, 0.15) is 31.0 Å². The minimum atomic E-state index is -4.52. The van der Waals surface area contributed by atoms with E-state index in [0.29, 0.717) is 0 Å². The van der Waals surface area contributed by atoms with Gasteiger partial charge in [0.25, 0.3) is 0 Å². The summed E-state index contributed by atoms with van der Waals surface area (Å²) in [6.45, 7) is 3.07. The number of rotatable bonds is 3. The Morgan fingerprint density at radius 2 is 1.84 bits per heavy atom. The van der Waals surface area contributed by atoms with E-state index in [1.54, 1.807) is 13.8 Å². The fraction of sp³-hybridized carbons (Fsp3) is 0.500. The summed E-state index contributed by atoms with van der Waals surface area (Å²) in [4.78, 5) is 0. The van der Waals surface area contributed by atoms with Crippen LogP contribution in [0.3, 0.4) is 0 Å². The Kier molecular flexibility index (Phi) is 6.14. The van der Waals surface area contributed by atoms with Crippen molar-refractivity contribution in [3.63, 3.8) is 0 Å². The van der Waals surface area contributed by atoms with Crippen LogP contribution in [0.4, 0.5) is 13.2 Å². The third-order valence-electron chi connectivity index (χ3n) is 2.92. The van der Waals surface area contributed by atoms with Gasteiger partial charge in [-0.2, -0.15) is 13.2 Å². The van der Waals surface area contributed by atoms with Crippen molar-refractivity contribution in [1.82, 2.24) is 0 Å². The van der Waals surface area contributed by atoms with Crippen LogP contribution in [0, 0.1) is 5.41 Å². The minimum Gasteiger partial charge on any atom is -0.396 e. The fourth-order valence-electron chi connectivity index (χ4n) is 1.53. The second kappa shape index (κ2) is 6.31. The third-order valence-corrected chi connectivity index (χ3v) is 3.34. The number of nitrogens with two attached hydrogens (primary N) is 1. The standard InChI is InChI=1S/C12H15ClF3NO.ClH/c1-11(2,6-18)10(17)7-4-3-5-8(9(7)13)12(14,15)16;/h3-5,10,18H,6,17H2,1-2H3;1H/t10-;/m1./s1. The first-order chi connectivity index (χ1) is 8.11. The molecule has 0 heterocycles. The number of alkyl halides is 3. The monoisotopic (exact) mass is 317 g/mol. The SMILES string of the molecule is CC(C)(CO)[C@H](N)c1cccc(C(F)(F)F)c1Cl.Cl. The zero-order chi connectivity index (χ0) is 14.1. The lowest BCUT2D eigenvalue weighted by Gasteiger charge is -2.30. The number of aliphatic hydroxyl groups is 1. The van der Waals surface area contributed by atoms with E-state index < -0.39 is 28.2 Å². The zero-order valence-electron chi connectivity index (χ0n) is 10.5. The van der Waals surface area contributed by atoms with Gasteiger partial charge in [-0.15, -0.1) is 12.4 Å². The minimum absolute atomic E-state index is 0. The molecule has 0 bridgehead atoms. The fourth-order valence-corrected chi connectivity index (χ4v) is 1.88. The van der Waals surface area contributed by atoms with Crippen molar-refractivity contribution in [1.29, 1.82) is 0 Å². The molecule has 0 saturated carbocycles. The van der Waals surface area contributed by atoms with Gasteiger partial charge in [0, 0.05) is 18.1 Å². The molecular formula is C12H16Cl2F3NO. The Hall–Kier alpha value is -0.490. The largest absolute Gasteiger partial charge is 0.417 e. The lowest BCUT2D eigenvalue weighted by atomic mass is 9.81. The maximum atomic E-state index is 12.7. The van der Waals surface area contributed by atoms with Crippen molar-refractivity contribution in [2.24, 2.45) is 11.1 Å². The van der Waals surface area contributed by atoms with Gasteiger partial charge in [0.1, 0.15) is 0 Å². The Labute approximate surface area is 121 Å². The van der Waals surface area contributed by atoms with Crippen molar-refractivity contribution in [2.75, 3.05) is 6.61 Å². The second-order valence-corrected chi connectivity index (χ2v) is 5.21. The number of halogens is 5. The molecule has 3 N–H and O–H groups in total. The molecule has 0 aliphatic carbocycles. The molecule has 0 saturated heterocycles. The van der Waals surface area contributed by atoms with Gasteiger partial charge >= 0.3 is 6.18 Å². The van der Waals surface area contributed by atoms with E-state index in [1.807, 2.05) is 0 Å². The Morgan fingerprint density at radius 3 is 2.26 bits per heavy atom. The van der Waals surface area contributed by atoms with E-state index in [-0.39, 0.29) is 24.6 Å². The molecule has 0 spiro atoms. The van der Waals surface area contributed by atoms with E-state index in [2.05, 4.69) is 0 Å². The average Bonchev–Trinajstić information content (AvgIpc) is 2.27. The van der Waals surface area contributed by atoms with E-state index in [0.717, 1.165) is 6.07 Å². The number of hydrogen-bond acceptors (Lipinski definition) is 2. The lowest BCUT2D eigenvalue weighted by Crippen LogP contribution is -2.32. The molecule has 1 rings (SSSR count). The van der Waals surface area contributed by atoms with Gasteiger partial charge in [0.05, 0.1) is 10.6 Å². The molecule has 19 heavy (non-hydrogen) atoms. The Morgan fingerprint density at radius 1 is 1.32 bits per heavy atom. The predicted octanol–water partition coefficient (Wildman–Crippen LogP) is 3.80. The Bertz CT molecular complexity index is 435. The summed E-state index contributed by atoms with van der Waals surface area (Å²) in [5.74, 6) is 0. The van der Waals surface area contributed by atoms with Gasteiger partial charge in [0.2, 0.25) is 0 Å². The second-order valence-electron chi connectivity index (χ2n) is 4.83. The maximum Gasteiger partial charge on any atom is 0.417 e. The quantitative estimate of drug-likeness (QED) is 0.890. The summed E-state index contributed by atoms with van der Waals surface area (Å²) in [5.41, 5.74) is 4.40. The van der Waals surface area contributed by atoms with Crippen LogP contribution in [-0.4, -0.2) is 11.7 Å². The molecule has 0 aliphatic heterocycles. The molecule has 0 radical (unpaired) electrons. The molecule has 0 fully saturated rings. The summed E-state index contributed by atoms with van der Waals surface area (Å²) in [7, 11) is 0. The van der Waals surface area contributed by atoms with Crippen molar-refractivity contribution in [3.8, 4) is 0 Å². The average molecular weight is 318 g/mol. The van der Waals surface area contributed by atoms with Gasteiger partial charge in [-0.25, -0.2) is 0 Å². The van der Waals surface area contributed by atoms with Gasteiger partial charge in [-0.3, -0.25) is 0 Å². The van der Waals surface area contributed by atoms with Crippen molar-refractivity contribution < 1.29 is 18.3 Å². The van der Waals surface area contributed by atoms with Gasteiger partial charge in [-0.1, -0.05) is 37.6 Å². The molecule has 0 amide bonds. The number of aliphatic hydroxyl groups excluding tert-OH is 1. The van der Waals surface area contributed by atoms with Gasteiger partial charge in [-0.05, 0) is 11.6 Å². The lowest BCUT2D eigenvalue weighted by molar-refractivity contribution is -0.137. The van der Waals surface area contributed by atoms with Crippen LogP contribution in [-0.2, 0) is 6.18 Å². The Balaban J connectivity index is 0.00000324. The maximum absolute atomic E-state index is 12.7. The molecule has 0 aromatic heterocycles. The summed E-state index contributed by atoms with van der Waals surface area (Å²) in [6.07, 6.45) is -4.52. The van der Waals surface area contributed by atoms with Crippen LogP contribution in [0.2, 0.25) is 5.02 Å². The summed E-state index contributed by atoms with van der Waals surface area (Å²) in [5, 5.41) is 8.80. The highest BCUT2D eigenvalue weighted by Crippen LogP contribution is 2.41. The van der Waals surface area contributed by atoms with Crippen molar-refractivity contribution >= 4 is 24.0 Å². The number of hydrogen-bond donors (Lipinski definition) is 2. The highest BCUT2D eigenvalue weighted by atomic mass is 35.5. The van der Waals surface area contributed by atoms with Crippen molar-refractivity contribution in [3.05, 3.63) is 34.3 Å². The summed E-state index contributed by atoms with van der Waals surface area (Å²) < 4.78 is 38.1. The predicted molar refractivity (Wildman–Crippen MR) is 71.5 cm³/mol. The molecule has 1 atom stereocenters. The first kappa shape index (κ1) is 18.5. The molecule has 1 aromatic carbocycles. The van der Waals surface area contributed by atoms with E-state index in [4.69, 9.17) is 17.3 Å². The van der Waals surface area contributed by atoms with E-state index >= 15 is 0 Å². The third kappa shape index (κ3) is 3.99. The van der Waals surface area contributed by atoms with E-state index in [1.165, 1.54) is 12.1 Å². The normalized spacial score (nSPS) is 13.9. The van der Waals surface area contributed by atoms with Crippen LogP contribution in [0.15, 0.2) is 18.2 Å². The smallest absolute Gasteiger partial charge is 0.396 e. The van der Waals surface area contributed by atoms with E-state index in [9.17, 15) is 18.3 Å². The molecular weight excluding hydrogens is 302 g/mol. The zero-order valence-corrected chi connectivity index (χ0v) is 12.0. The first-order valence-corrected chi connectivity index (χ1v) is 5.71. The molecule has 0 unspecified atom stereocenters. The number of benzene rings is 1. The first-order valence-electron chi connectivity index (χ1n) is 5.33. The van der Waals surface area contributed by atoms with Crippen LogP contribution in [0.5, 0.6) is 0 Å². The van der Waals surface area contributed by atoms with Crippen molar-refractivity contribution in [2.45, 2.75) is 26.1 Å². The summed E-state index contributed by atoms with van der Waals surface area (Å²) in [6, 6.07) is 2.83. The molecule has 0 aliphatic rings. The molecule has 2 nitrogen and oxygen atoms in total. The van der Waals surface area contributed by atoms with Crippen LogP contribution < -0.4 is 5.73 Å². The topological polar surface area (TPSA) is 46.2 Å². The molecule has 1 aromatic rings. The molecule has 7 heteroatoms. The van der Waals surface area contributed by atoms with Crippen LogP contribution >= 0.6 is 24.0 Å². The molecule has 110 valence electrons. The van der Waals surface area contributed by atoms with Crippen LogP contribution in [0.25, 0.3) is 0 Å². The highest BCUT2D eigenvalue weighted by Gasteiger charge is 2.36. The van der Waals surface area contributed by atoms with Gasteiger partial charge in [0.15, 0.2) is 0 Å². The van der Waals surface area contributed by atoms with Gasteiger partial charge < -0.3 is 10.8 Å².